The van der Waals surface area contributed by atoms with Crippen molar-refractivity contribution >= 4 is 0 Å². The van der Waals surface area contributed by atoms with Crippen LogP contribution in [0.25, 0.3) is 0 Å². The van der Waals surface area contributed by atoms with Gasteiger partial charge in [-0.05, 0) is 62.1 Å². The SMILES string of the molecule is CCCC[C@H]1CC[C@H](c2ccc(OCC(C)F)cc2)CC1. The number of alkyl halides is 1. The first-order valence-corrected chi connectivity index (χ1v) is 8.56. The Morgan fingerprint density at radius 1 is 1.14 bits per heavy atom. The van der Waals surface area contributed by atoms with Crippen LogP contribution in [0.15, 0.2) is 24.3 Å². The van der Waals surface area contributed by atoms with Gasteiger partial charge in [0.25, 0.3) is 0 Å². The molecule has 21 heavy (non-hydrogen) atoms. The Morgan fingerprint density at radius 3 is 2.38 bits per heavy atom. The highest BCUT2D eigenvalue weighted by molar-refractivity contribution is 5.29. The molecule has 0 aliphatic heterocycles. The molecule has 0 aromatic heterocycles. The molecule has 2 rings (SSSR count). The molecule has 0 bridgehead atoms. The molecule has 1 aliphatic carbocycles. The van der Waals surface area contributed by atoms with Crippen LogP contribution in [0.1, 0.15) is 70.3 Å². The maximum absolute atomic E-state index is 12.8. The van der Waals surface area contributed by atoms with E-state index < -0.39 is 6.17 Å². The smallest absolute Gasteiger partial charge is 0.131 e. The van der Waals surface area contributed by atoms with Crippen LogP contribution in [0.2, 0.25) is 0 Å². The van der Waals surface area contributed by atoms with Crippen LogP contribution in [0.3, 0.4) is 0 Å². The van der Waals surface area contributed by atoms with Crippen molar-refractivity contribution in [3.8, 4) is 5.75 Å². The average molecular weight is 292 g/mol. The summed E-state index contributed by atoms with van der Waals surface area (Å²) in [6, 6.07) is 8.30. The Bertz CT molecular complexity index is 391. The van der Waals surface area contributed by atoms with E-state index in [-0.39, 0.29) is 6.61 Å². The molecule has 1 aliphatic rings. The van der Waals surface area contributed by atoms with E-state index in [2.05, 4.69) is 19.1 Å². The molecule has 1 aromatic carbocycles. The van der Waals surface area contributed by atoms with Gasteiger partial charge < -0.3 is 4.74 Å². The zero-order valence-corrected chi connectivity index (χ0v) is 13.5. The van der Waals surface area contributed by atoms with Crippen LogP contribution in [0.4, 0.5) is 4.39 Å². The van der Waals surface area contributed by atoms with Crippen molar-refractivity contribution in [1.29, 1.82) is 0 Å². The summed E-state index contributed by atoms with van der Waals surface area (Å²) in [5.74, 6) is 2.44. The molecule has 0 heterocycles. The van der Waals surface area contributed by atoms with Crippen LogP contribution < -0.4 is 4.74 Å². The number of benzene rings is 1. The monoisotopic (exact) mass is 292 g/mol. The van der Waals surface area contributed by atoms with Crippen molar-refractivity contribution in [3.05, 3.63) is 29.8 Å². The first-order chi connectivity index (χ1) is 10.2. The van der Waals surface area contributed by atoms with Crippen LogP contribution in [-0.2, 0) is 0 Å². The van der Waals surface area contributed by atoms with E-state index in [1.165, 1.54) is 57.4 Å². The summed E-state index contributed by atoms with van der Waals surface area (Å²) in [5.41, 5.74) is 1.42. The van der Waals surface area contributed by atoms with Crippen LogP contribution in [-0.4, -0.2) is 12.8 Å². The Balaban J connectivity index is 1.80. The normalized spacial score (nSPS) is 23.8. The third-order valence-corrected chi connectivity index (χ3v) is 4.64. The molecule has 1 aromatic rings. The molecular formula is C19H29FO. The minimum atomic E-state index is -0.914. The van der Waals surface area contributed by atoms with E-state index in [9.17, 15) is 4.39 Å². The van der Waals surface area contributed by atoms with E-state index in [0.717, 1.165) is 11.7 Å². The lowest BCUT2D eigenvalue weighted by atomic mass is 9.77. The summed E-state index contributed by atoms with van der Waals surface area (Å²) in [7, 11) is 0. The van der Waals surface area contributed by atoms with Gasteiger partial charge in [0.05, 0.1) is 0 Å². The summed E-state index contributed by atoms with van der Waals surface area (Å²) in [4.78, 5) is 0. The highest BCUT2D eigenvalue weighted by Crippen LogP contribution is 2.38. The predicted octanol–water partition coefficient (Wildman–Crippen LogP) is 5.89. The van der Waals surface area contributed by atoms with E-state index >= 15 is 0 Å². The predicted molar refractivity (Wildman–Crippen MR) is 86.7 cm³/mol. The third kappa shape index (κ3) is 5.33. The van der Waals surface area contributed by atoms with E-state index in [4.69, 9.17) is 4.74 Å². The minimum Gasteiger partial charge on any atom is -0.491 e. The molecule has 0 radical (unpaired) electrons. The molecule has 118 valence electrons. The fraction of sp³-hybridized carbons (Fsp3) is 0.684. The van der Waals surface area contributed by atoms with E-state index in [0.29, 0.717) is 5.92 Å². The second kappa shape index (κ2) is 8.41. The molecule has 1 fully saturated rings. The Kier molecular flexibility index (Phi) is 6.53. The molecule has 0 N–H and O–H groups in total. The molecule has 0 saturated heterocycles. The molecule has 0 amide bonds. The highest BCUT2D eigenvalue weighted by Gasteiger charge is 2.21. The van der Waals surface area contributed by atoms with Gasteiger partial charge in [-0.1, -0.05) is 38.3 Å². The molecule has 1 nitrogen and oxygen atoms in total. The van der Waals surface area contributed by atoms with Gasteiger partial charge >= 0.3 is 0 Å². The van der Waals surface area contributed by atoms with Gasteiger partial charge in [-0.15, -0.1) is 0 Å². The number of halogens is 1. The zero-order valence-electron chi connectivity index (χ0n) is 13.5. The van der Waals surface area contributed by atoms with Crippen molar-refractivity contribution in [2.45, 2.75) is 70.9 Å². The Hall–Kier alpha value is -1.05. The standard InChI is InChI=1S/C19H29FO/c1-3-4-5-16-6-8-17(9-7-16)18-10-12-19(13-11-18)21-14-15(2)20/h10-13,15-17H,3-9,14H2,1-2H3/t15?,16-,17-. The van der Waals surface area contributed by atoms with Crippen LogP contribution in [0.5, 0.6) is 5.75 Å². The molecule has 2 heteroatoms. The number of rotatable bonds is 7. The topological polar surface area (TPSA) is 9.23 Å². The maximum atomic E-state index is 12.8. The summed E-state index contributed by atoms with van der Waals surface area (Å²) >= 11 is 0. The fourth-order valence-corrected chi connectivity index (χ4v) is 3.32. The Labute approximate surface area is 128 Å². The van der Waals surface area contributed by atoms with Crippen molar-refractivity contribution < 1.29 is 9.13 Å². The highest BCUT2D eigenvalue weighted by atomic mass is 19.1. The second-order valence-corrected chi connectivity index (χ2v) is 6.52. The largest absolute Gasteiger partial charge is 0.491 e. The van der Waals surface area contributed by atoms with E-state index in [1.807, 2.05) is 12.1 Å². The molecular weight excluding hydrogens is 263 g/mol. The quantitative estimate of drug-likeness (QED) is 0.609. The summed E-state index contributed by atoms with van der Waals surface area (Å²) in [6.45, 7) is 3.94. The fourth-order valence-electron chi connectivity index (χ4n) is 3.32. The van der Waals surface area contributed by atoms with Gasteiger partial charge in [-0.25, -0.2) is 4.39 Å². The number of unbranched alkanes of at least 4 members (excludes halogenated alkanes) is 1. The van der Waals surface area contributed by atoms with Crippen LogP contribution >= 0.6 is 0 Å². The number of hydrogen-bond donors (Lipinski definition) is 0. The van der Waals surface area contributed by atoms with Gasteiger partial charge in [0.1, 0.15) is 18.5 Å². The Morgan fingerprint density at radius 2 is 1.81 bits per heavy atom. The van der Waals surface area contributed by atoms with E-state index in [1.54, 1.807) is 0 Å². The summed E-state index contributed by atoms with van der Waals surface area (Å²) < 4.78 is 18.2. The molecule has 0 spiro atoms. The lowest BCUT2D eigenvalue weighted by Gasteiger charge is -2.28. The second-order valence-electron chi connectivity index (χ2n) is 6.52. The lowest BCUT2D eigenvalue weighted by Crippen LogP contribution is -2.13. The lowest BCUT2D eigenvalue weighted by molar-refractivity contribution is 0.209. The van der Waals surface area contributed by atoms with Gasteiger partial charge in [0, 0.05) is 0 Å². The zero-order chi connectivity index (χ0) is 15.1. The van der Waals surface area contributed by atoms with Gasteiger partial charge in [0.15, 0.2) is 0 Å². The summed E-state index contributed by atoms with van der Waals surface area (Å²) in [6.07, 6.45) is 8.59. The number of ether oxygens (including phenoxy) is 1. The van der Waals surface area contributed by atoms with Crippen molar-refractivity contribution in [1.82, 2.24) is 0 Å². The van der Waals surface area contributed by atoms with Crippen molar-refractivity contribution in [2.75, 3.05) is 6.61 Å². The van der Waals surface area contributed by atoms with Crippen molar-refractivity contribution in [2.24, 2.45) is 5.92 Å². The van der Waals surface area contributed by atoms with Crippen molar-refractivity contribution in [3.63, 3.8) is 0 Å². The minimum absolute atomic E-state index is 0.141. The number of hydrogen-bond acceptors (Lipinski definition) is 1. The molecule has 1 unspecified atom stereocenters. The maximum Gasteiger partial charge on any atom is 0.131 e. The molecule has 1 atom stereocenters. The first-order valence-electron chi connectivity index (χ1n) is 8.56. The van der Waals surface area contributed by atoms with Gasteiger partial charge in [-0.3, -0.25) is 0 Å². The third-order valence-electron chi connectivity index (χ3n) is 4.64. The first kappa shape index (κ1) is 16.3. The van der Waals surface area contributed by atoms with Gasteiger partial charge in [-0.2, -0.15) is 0 Å². The molecule has 1 saturated carbocycles. The average Bonchev–Trinajstić information content (AvgIpc) is 2.52. The van der Waals surface area contributed by atoms with Gasteiger partial charge in [0.2, 0.25) is 0 Å². The summed E-state index contributed by atoms with van der Waals surface area (Å²) in [5, 5.41) is 0. The van der Waals surface area contributed by atoms with Crippen LogP contribution in [0, 0.1) is 5.92 Å².